The molecule has 0 aliphatic rings. The third-order valence-corrected chi connectivity index (χ3v) is 2.31. The normalized spacial score (nSPS) is 10.9. The van der Waals surface area contributed by atoms with Gasteiger partial charge in [0.05, 0.1) is 18.1 Å². The van der Waals surface area contributed by atoms with Crippen molar-refractivity contribution >= 4 is 23.1 Å². The fraction of sp³-hybridized carbons (Fsp3) is 0.818. The standard InChI is InChI=1S/C11H23N3O2S/c1-9(2)13-11(15)8-14(6-7-16-3)5-4-10(12)17/h9H,4-8H2,1-3H3,(H2,12,17)(H,13,15). The molecule has 0 aromatic heterocycles. The molecule has 0 aromatic carbocycles. The maximum absolute atomic E-state index is 11.6. The van der Waals surface area contributed by atoms with E-state index in [1.54, 1.807) is 7.11 Å². The number of hydrogen-bond donors (Lipinski definition) is 2. The molecule has 0 aliphatic heterocycles. The van der Waals surface area contributed by atoms with Crippen molar-refractivity contribution in [3.63, 3.8) is 0 Å². The molecule has 0 saturated carbocycles. The number of nitrogens with two attached hydrogens (primary N) is 1. The maximum atomic E-state index is 11.6. The number of thiocarbonyl (C=S) groups is 1. The van der Waals surface area contributed by atoms with Gasteiger partial charge in [0.25, 0.3) is 0 Å². The summed E-state index contributed by atoms with van der Waals surface area (Å²) in [6.07, 6.45) is 0.619. The highest BCUT2D eigenvalue weighted by molar-refractivity contribution is 7.80. The van der Waals surface area contributed by atoms with Gasteiger partial charge in [0.15, 0.2) is 0 Å². The molecule has 3 N–H and O–H groups in total. The summed E-state index contributed by atoms with van der Waals surface area (Å²) in [6.45, 7) is 6.20. The SMILES string of the molecule is COCCN(CCC(N)=S)CC(=O)NC(C)C. The van der Waals surface area contributed by atoms with Crippen LogP contribution in [0.2, 0.25) is 0 Å². The lowest BCUT2D eigenvalue weighted by molar-refractivity contribution is -0.122. The highest BCUT2D eigenvalue weighted by Gasteiger charge is 2.11. The average molecular weight is 261 g/mol. The van der Waals surface area contributed by atoms with Crippen LogP contribution in [0.5, 0.6) is 0 Å². The van der Waals surface area contributed by atoms with Gasteiger partial charge in [-0.3, -0.25) is 9.69 Å². The predicted octanol–water partition coefficient (Wildman–Crippen LogP) is 0.136. The Kier molecular flexibility index (Phi) is 8.93. The monoisotopic (exact) mass is 261 g/mol. The number of nitrogens with zero attached hydrogens (tertiary/aromatic N) is 1. The van der Waals surface area contributed by atoms with Crippen molar-refractivity contribution in [2.75, 3.05) is 33.4 Å². The highest BCUT2D eigenvalue weighted by Crippen LogP contribution is 1.93. The van der Waals surface area contributed by atoms with Gasteiger partial charge in [-0.05, 0) is 13.8 Å². The Labute approximate surface area is 109 Å². The number of nitrogens with one attached hydrogen (secondary N) is 1. The van der Waals surface area contributed by atoms with E-state index in [-0.39, 0.29) is 11.9 Å². The average Bonchev–Trinajstić information content (AvgIpc) is 2.20. The molecule has 5 nitrogen and oxygen atoms in total. The zero-order valence-corrected chi connectivity index (χ0v) is 11.7. The van der Waals surface area contributed by atoms with Crippen molar-refractivity contribution in [2.24, 2.45) is 5.73 Å². The molecule has 0 saturated heterocycles. The lowest BCUT2D eigenvalue weighted by atomic mass is 10.3. The number of hydrogen-bond acceptors (Lipinski definition) is 4. The van der Waals surface area contributed by atoms with Crippen LogP contribution in [-0.4, -0.2) is 55.2 Å². The Hall–Kier alpha value is -0.720. The summed E-state index contributed by atoms with van der Waals surface area (Å²) >= 11 is 4.83. The minimum atomic E-state index is 0.0130. The Morgan fingerprint density at radius 2 is 2.12 bits per heavy atom. The molecule has 0 unspecified atom stereocenters. The number of methoxy groups -OCH3 is 1. The summed E-state index contributed by atoms with van der Waals surface area (Å²) < 4.78 is 5.00. The Morgan fingerprint density at radius 1 is 1.47 bits per heavy atom. The third kappa shape index (κ3) is 10.2. The van der Waals surface area contributed by atoms with Gasteiger partial charge in [-0.2, -0.15) is 0 Å². The topological polar surface area (TPSA) is 67.6 Å². The first-order chi connectivity index (χ1) is 7.95. The van der Waals surface area contributed by atoms with Gasteiger partial charge in [-0.15, -0.1) is 0 Å². The van der Waals surface area contributed by atoms with Crippen molar-refractivity contribution < 1.29 is 9.53 Å². The molecule has 0 spiro atoms. The molecule has 0 rings (SSSR count). The quantitative estimate of drug-likeness (QED) is 0.578. The molecule has 0 aliphatic carbocycles. The smallest absolute Gasteiger partial charge is 0.234 e. The van der Waals surface area contributed by atoms with Crippen LogP contribution < -0.4 is 11.1 Å². The van der Waals surface area contributed by atoms with Crippen molar-refractivity contribution in [3.05, 3.63) is 0 Å². The van der Waals surface area contributed by atoms with E-state index in [9.17, 15) is 4.79 Å². The van der Waals surface area contributed by atoms with Crippen LogP contribution in [0.3, 0.4) is 0 Å². The molecule has 0 bridgehead atoms. The van der Waals surface area contributed by atoms with Crippen LogP contribution in [0.1, 0.15) is 20.3 Å². The van der Waals surface area contributed by atoms with Crippen molar-refractivity contribution in [1.29, 1.82) is 0 Å². The lowest BCUT2D eigenvalue weighted by Gasteiger charge is -2.21. The Bertz CT molecular complexity index is 247. The van der Waals surface area contributed by atoms with E-state index in [4.69, 9.17) is 22.7 Å². The number of carbonyl (C=O) groups is 1. The Balaban J connectivity index is 4.07. The van der Waals surface area contributed by atoms with Gasteiger partial charge < -0.3 is 15.8 Å². The van der Waals surface area contributed by atoms with Crippen molar-refractivity contribution in [3.8, 4) is 0 Å². The van der Waals surface area contributed by atoms with Crippen molar-refractivity contribution in [1.82, 2.24) is 10.2 Å². The summed E-state index contributed by atoms with van der Waals surface area (Å²) in [5, 5.41) is 2.85. The van der Waals surface area contributed by atoms with E-state index >= 15 is 0 Å². The van der Waals surface area contributed by atoms with Gasteiger partial charge in [-0.25, -0.2) is 0 Å². The summed E-state index contributed by atoms with van der Waals surface area (Å²) in [7, 11) is 1.64. The van der Waals surface area contributed by atoms with E-state index < -0.39 is 0 Å². The summed E-state index contributed by atoms with van der Waals surface area (Å²) in [6, 6.07) is 0.155. The van der Waals surface area contributed by atoms with Gasteiger partial charge in [0, 0.05) is 32.7 Å². The van der Waals surface area contributed by atoms with Crippen molar-refractivity contribution in [2.45, 2.75) is 26.3 Å². The Morgan fingerprint density at radius 3 is 2.59 bits per heavy atom. The van der Waals surface area contributed by atoms with E-state index in [1.807, 2.05) is 18.7 Å². The second-order valence-electron chi connectivity index (χ2n) is 4.21. The number of carbonyl (C=O) groups excluding carboxylic acids is 1. The molecule has 17 heavy (non-hydrogen) atoms. The summed E-state index contributed by atoms with van der Waals surface area (Å²) in [4.78, 5) is 14.1. The molecule has 1 amide bonds. The van der Waals surface area contributed by atoms with E-state index in [2.05, 4.69) is 5.32 Å². The van der Waals surface area contributed by atoms with E-state index in [0.717, 1.165) is 0 Å². The largest absolute Gasteiger partial charge is 0.393 e. The molecule has 0 radical (unpaired) electrons. The van der Waals surface area contributed by atoms with E-state index in [1.165, 1.54) is 0 Å². The predicted molar refractivity (Wildman–Crippen MR) is 73.0 cm³/mol. The van der Waals surface area contributed by atoms with Crippen LogP contribution in [0.4, 0.5) is 0 Å². The third-order valence-electron chi connectivity index (χ3n) is 2.10. The van der Waals surface area contributed by atoms with Gasteiger partial charge >= 0.3 is 0 Å². The summed E-state index contributed by atoms with van der Waals surface area (Å²) in [5.41, 5.74) is 5.45. The molecule has 0 heterocycles. The first-order valence-electron chi connectivity index (χ1n) is 5.74. The minimum absolute atomic E-state index is 0.0130. The van der Waals surface area contributed by atoms with Crippen LogP contribution in [0, 0.1) is 0 Å². The van der Waals surface area contributed by atoms with Crippen LogP contribution in [-0.2, 0) is 9.53 Å². The number of ether oxygens (including phenoxy) is 1. The summed E-state index contributed by atoms with van der Waals surface area (Å²) in [5.74, 6) is 0.0130. The first-order valence-corrected chi connectivity index (χ1v) is 6.15. The fourth-order valence-electron chi connectivity index (χ4n) is 1.33. The zero-order chi connectivity index (χ0) is 13.3. The second kappa shape index (κ2) is 9.32. The molecule has 0 atom stereocenters. The zero-order valence-electron chi connectivity index (χ0n) is 10.9. The van der Waals surface area contributed by atoms with Crippen LogP contribution >= 0.6 is 12.2 Å². The van der Waals surface area contributed by atoms with Crippen LogP contribution in [0.25, 0.3) is 0 Å². The highest BCUT2D eigenvalue weighted by atomic mass is 32.1. The van der Waals surface area contributed by atoms with Gasteiger partial charge in [0.1, 0.15) is 0 Å². The lowest BCUT2D eigenvalue weighted by Crippen LogP contribution is -2.42. The molecule has 0 aromatic rings. The number of rotatable bonds is 9. The maximum Gasteiger partial charge on any atom is 0.234 e. The molecule has 0 fully saturated rings. The van der Waals surface area contributed by atoms with Gasteiger partial charge in [0.2, 0.25) is 5.91 Å². The minimum Gasteiger partial charge on any atom is -0.393 e. The molecular formula is C11H23N3O2S. The van der Waals surface area contributed by atoms with Crippen LogP contribution in [0.15, 0.2) is 0 Å². The molecule has 6 heteroatoms. The second-order valence-corrected chi connectivity index (χ2v) is 4.73. The fourth-order valence-corrected chi connectivity index (χ4v) is 1.42. The van der Waals surface area contributed by atoms with E-state index in [0.29, 0.717) is 37.7 Å². The molecule has 100 valence electrons. The molecular weight excluding hydrogens is 238 g/mol. The first kappa shape index (κ1) is 16.3. The van der Waals surface area contributed by atoms with Gasteiger partial charge in [-0.1, -0.05) is 12.2 Å². The number of amides is 1.